The first kappa shape index (κ1) is 56.0. The normalized spacial score (nSPS) is 13.4. The third kappa shape index (κ3) is 40.2. The van der Waals surface area contributed by atoms with Gasteiger partial charge in [-0.3, -0.25) is 9.59 Å². The first-order valence-corrected chi connectivity index (χ1v) is 23.8. The van der Waals surface area contributed by atoms with Crippen molar-refractivity contribution in [2.45, 2.75) is 206 Å². The lowest BCUT2D eigenvalue weighted by atomic mass is 10.0. The van der Waals surface area contributed by atoms with Crippen molar-refractivity contribution in [3.05, 3.63) is 60.8 Å². The molecule has 0 aromatic heterocycles. The molecule has 0 radical (unpaired) electrons. The van der Waals surface area contributed by atoms with Crippen molar-refractivity contribution in [1.29, 1.82) is 0 Å². The number of nitrogens with zero attached hydrogens (tertiary/aromatic N) is 1. The van der Waals surface area contributed by atoms with E-state index in [9.17, 15) is 19.5 Å². The Kier molecular flexibility index (Phi) is 39.6. The number of carboxylic acid groups (broad SMARTS) is 1. The van der Waals surface area contributed by atoms with Crippen molar-refractivity contribution in [3.8, 4) is 0 Å². The zero-order valence-electron chi connectivity index (χ0n) is 38.7. The highest BCUT2D eigenvalue weighted by atomic mass is 16.6. The summed E-state index contributed by atoms with van der Waals surface area (Å²) in [6.45, 7) is 4.50. The molecule has 0 aliphatic heterocycles. The van der Waals surface area contributed by atoms with Crippen LogP contribution in [0.5, 0.6) is 0 Å². The van der Waals surface area contributed by atoms with Gasteiger partial charge in [0.05, 0.1) is 34.4 Å². The van der Waals surface area contributed by atoms with Crippen LogP contribution in [-0.2, 0) is 28.6 Å². The Bertz CT molecular complexity index is 1150. The molecule has 0 bridgehead atoms. The summed E-state index contributed by atoms with van der Waals surface area (Å²) in [6.07, 6.45) is 51.3. The van der Waals surface area contributed by atoms with Crippen molar-refractivity contribution in [2.75, 3.05) is 41.0 Å². The van der Waals surface area contributed by atoms with Gasteiger partial charge in [-0.1, -0.05) is 164 Å². The maximum absolute atomic E-state index is 12.8. The predicted molar refractivity (Wildman–Crippen MR) is 247 cm³/mol. The van der Waals surface area contributed by atoms with Crippen molar-refractivity contribution < 1.29 is 38.2 Å². The molecule has 0 saturated carbocycles. The number of rotatable bonds is 42. The van der Waals surface area contributed by atoms with Crippen LogP contribution in [0, 0.1) is 0 Å². The number of likely N-dealkylation sites (N-methyl/N-ethyl adjacent to an activating group) is 1. The first-order valence-electron chi connectivity index (χ1n) is 23.8. The fourth-order valence-electron chi connectivity index (χ4n) is 6.79. The highest BCUT2D eigenvalue weighted by molar-refractivity contribution is 5.72. The number of esters is 2. The minimum atomic E-state index is -0.879. The van der Waals surface area contributed by atoms with Gasteiger partial charge >= 0.3 is 17.9 Å². The van der Waals surface area contributed by atoms with Gasteiger partial charge in [0.15, 0.2) is 12.1 Å². The molecule has 0 aliphatic carbocycles. The van der Waals surface area contributed by atoms with Crippen LogP contribution in [0.2, 0.25) is 0 Å². The minimum Gasteiger partial charge on any atom is -0.477 e. The van der Waals surface area contributed by atoms with E-state index in [2.05, 4.69) is 74.6 Å². The second-order valence-electron chi connectivity index (χ2n) is 17.0. The van der Waals surface area contributed by atoms with E-state index in [0.29, 0.717) is 19.3 Å². The number of unbranched alkanes of at least 4 members (excludes halogenated alkanes) is 18. The third-order valence-corrected chi connectivity index (χ3v) is 10.4. The molecule has 8 heteroatoms. The summed E-state index contributed by atoms with van der Waals surface area (Å²) in [5.41, 5.74) is 0. The van der Waals surface area contributed by atoms with Crippen LogP contribution in [0.15, 0.2) is 60.8 Å². The quantitative estimate of drug-likeness (QED) is 0.0283. The van der Waals surface area contributed by atoms with Gasteiger partial charge in [-0.05, 0) is 70.6 Å². The van der Waals surface area contributed by atoms with Gasteiger partial charge in [0, 0.05) is 19.3 Å². The summed E-state index contributed by atoms with van der Waals surface area (Å²) in [6, 6.07) is -0.619. The third-order valence-electron chi connectivity index (χ3n) is 10.4. The molecule has 0 amide bonds. The summed E-state index contributed by atoms with van der Waals surface area (Å²) in [7, 11) is 5.52. The first-order chi connectivity index (χ1) is 28.6. The van der Waals surface area contributed by atoms with E-state index in [0.717, 1.165) is 83.5 Å². The molecule has 0 heterocycles. The number of hydrogen-bond donors (Lipinski definition) is 1. The fraction of sp³-hybridized carbons (Fsp3) is 0.745. The van der Waals surface area contributed by atoms with Crippen LogP contribution in [0.25, 0.3) is 0 Å². The molecular formula is C51H90NO7+. The average Bonchev–Trinajstić information content (AvgIpc) is 3.19. The zero-order chi connectivity index (χ0) is 43.5. The molecule has 340 valence electrons. The lowest BCUT2D eigenvalue weighted by Gasteiger charge is -2.31. The zero-order valence-corrected chi connectivity index (χ0v) is 38.7. The van der Waals surface area contributed by atoms with Gasteiger partial charge < -0.3 is 23.8 Å². The number of quaternary nitrogens is 1. The van der Waals surface area contributed by atoms with E-state index in [-0.39, 0.29) is 36.2 Å². The smallest absolute Gasteiger partial charge is 0.362 e. The topological polar surface area (TPSA) is 99.1 Å². The number of aliphatic carboxylic acids is 1. The Hall–Kier alpha value is -2.97. The number of allylic oxidation sites excluding steroid dienone is 10. The number of carboxylic acids is 1. The lowest BCUT2D eigenvalue weighted by Crippen LogP contribution is -2.50. The summed E-state index contributed by atoms with van der Waals surface area (Å²) < 4.78 is 17.3. The molecule has 0 spiro atoms. The highest BCUT2D eigenvalue weighted by Gasteiger charge is 2.31. The molecule has 59 heavy (non-hydrogen) atoms. The van der Waals surface area contributed by atoms with Crippen molar-refractivity contribution in [3.63, 3.8) is 0 Å². The summed E-state index contributed by atoms with van der Waals surface area (Å²) >= 11 is 0. The SMILES string of the molecule is CC/C=C/C/C=C/C/C=C/CCCCCCC(=O)OCC(COCCC(C(=O)O)[N+](C)(C)C)OC(=O)CCCCCCCCCCCCCCCC/C=C/C/C=C/CC. The molecule has 0 saturated heterocycles. The Labute approximate surface area is 362 Å². The lowest BCUT2D eigenvalue weighted by molar-refractivity contribution is -0.887. The minimum absolute atomic E-state index is 0.0527. The molecule has 0 aromatic rings. The molecule has 8 nitrogen and oxygen atoms in total. The van der Waals surface area contributed by atoms with E-state index in [1.54, 1.807) is 0 Å². The standard InChI is InChI=1S/C51H89NO7/c1-6-8-10-12-14-16-18-20-22-23-24-25-26-27-28-30-32-34-36-38-40-42-50(54)59-47(45-57-44-43-48(51(55)56)52(3,4)5)46-58-49(53)41-39-37-35-33-31-29-21-19-17-15-13-11-9-7-2/h8-11,14-17,21,29,47-48H,6-7,12-13,18-20,22-28,30-46H2,1-5H3/p+1/b10-8+,11-9+,16-14+,17-15+,29-21+. The number of carbonyl (C=O) groups excluding carboxylic acids is 2. The van der Waals surface area contributed by atoms with E-state index < -0.39 is 18.1 Å². The Morgan fingerprint density at radius 1 is 0.508 bits per heavy atom. The molecule has 0 aromatic carbocycles. The van der Waals surface area contributed by atoms with Crippen LogP contribution in [0.3, 0.4) is 0 Å². The van der Waals surface area contributed by atoms with E-state index in [1.165, 1.54) is 77.0 Å². The maximum Gasteiger partial charge on any atom is 0.362 e. The fourth-order valence-corrected chi connectivity index (χ4v) is 6.79. The molecule has 1 N–H and O–H groups in total. The van der Waals surface area contributed by atoms with Crippen LogP contribution in [0.4, 0.5) is 0 Å². The number of ether oxygens (including phenoxy) is 3. The van der Waals surface area contributed by atoms with Crippen molar-refractivity contribution >= 4 is 17.9 Å². The van der Waals surface area contributed by atoms with Crippen molar-refractivity contribution in [1.82, 2.24) is 0 Å². The van der Waals surface area contributed by atoms with Crippen LogP contribution < -0.4 is 0 Å². The molecular weight excluding hydrogens is 739 g/mol. The Morgan fingerprint density at radius 3 is 1.32 bits per heavy atom. The molecule has 0 aliphatic rings. The summed E-state index contributed by atoms with van der Waals surface area (Å²) in [4.78, 5) is 37.1. The predicted octanol–water partition coefficient (Wildman–Crippen LogP) is 13.4. The maximum atomic E-state index is 12.8. The molecule has 0 rings (SSSR count). The molecule has 0 fully saturated rings. The van der Waals surface area contributed by atoms with Gasteiger partial charge in [0.1, 0.15) is 6.61 Å². The Balaban J connectivity index is 4.27. The van der Waals surface area contributed by atoms with Gasteiger partial charge in [0.2, 0.25) is 0 Å². The second kappa shape index (κ2) is 41.8. The van der Waals surface area contributed by atoms with Crippen LogP contribution in [0.1, 0.15) is 194 Å². The summed E-state index contributed by atoms with van der Waals surface area (Å²) in [5, 5.41) is 9.63. The van der Waals surface area contributed by atoms with Crippen LogP contribution >= 0.6 is 0 Å². The highest BCUT2D eigenvalue weighted by Crippen LogP contribution is 2.15. The largest absolute Gasteiger partial charge is 0.477 e. The number of hydrogen-bond acceptors (Lipinski definition) is 6. The van der Waals surface area contributed by atoms with Crippen molar-refractivity contribution in [2.24, 2.45) is 0 Å². The van der Waals surface area contributed by atoms with Gasteiger partial charge in [-0.15, -0.1) is 0 Å². The van der Waals surface area contributed by atoms with Gasteiger partial charge in [0.25, 0.3) is 0 Å². The molecule has 2 unspecified atom stereocenters. The number of carbonyl (C=O) groups is 3. The second-order valence-corrected chi connectivity index (χ2v) is 17.0. The summed E-state index contributed by atoms with van der Waals surface area (Å²) in [5.74, 6) is -1.50. The van der Waals surface area contributed by atoms with E-state index >= 15 is 0 Å². The van der Waals surface area contributed by atoms with Gasteiger partial charge in [-0.25, -0.2) is 4.79 Å². The van der Waals surface area contributed by atoms with Crippen LogP contribution in [-0.4, -0.2) is 80.6 Å². The van der Waals surface area contributed by atoms with E-state index in [4.69, 9.17) is 14.2 Å². The average molecular weight is 829 g/mol. The Morgan fingerprint density at radius 2 is 0.898 bits per heavy atom. The monoisotopic (exact) mass is 829 g/mol. The van der Waals surface area contributed by atoms with Gasteiger partial charge in [-0.2, -0.15) is 0 Å². The molecule has 2 atom stereocenters. The van der Waals surface area contributed by atoms with E-state index in [1.807, 2.05) is 21.1 Å².